The van der Waals surface area contributed by atoms with E-state index in [9.17, 15) is 18.0 Å². The number of hydrogen-bond acceptors (Lipinski definition) is 4. The molecule has 0 aliphatic heterocycles. The lowest BCUT2D eigenvalue weighted by atomic mass is 10.1. The molecule has 2 aromatic rings. The van der Waals surface area contributed by atoms with E-state index in [0.717, 1.165) is 16.2 Å². The molecule has 0 spiro atoms. The van der Waals surface area contributed by atoms with Crippen molar-refractivity contribution in [3.63, 3.8) is 0 Å². The Balaban J connectivity index is 2.88. The molecule has 2 N–H and O–H groups in total. The van der Waals surface area contributed by atoms with Crippen molar-refractivity contribution in [3.8, 4) is 11.4 Å². The van der Waals surface area contributed by atoms with Crippen LogP contribution in [0.2, 0.25) is 0 Å². The van der Waals surface area contributed by atoms with Gasteiger partial charge >= 0.3 is 6.18 Å². The van der Waals surface area contributed by atoms with Crippen molar-refractivity contribution in [3.05, 3.63) is 44.6 Å². The van der Waals surface area contributed by atoms with Gasteiger partial charge in [-0.05, 0) is 30.8 Å². The highest BCUT2D eigenvalue weighted by atomic mass is 32.1. The van der Waals surface area contributed by atoms with Gasteiger partial charge < -0.3 is 15.0 Å². The third-order valence-electron chi connectivity index (χ3n) is 3.45. The van der Waals surface area contributed by atoms with E-state index in [1.165, 1.54) is 13.2 Å². The highest BCUT2D eigenvalue weighted by Gasteiger charge is 2.34. The fourth-order valence-electron chi connectivity index (χ4n) is 2.20. The lowest BCUT2D eigenvalue weighted by molar-refractivity contribution is -0.143. The molecule has 1 aromatic heterocycles. The second-order valence-electron chi connectivity index (χ2n) is 4.89. The number of anilines is 1. The minimum atomic E-state index is -4.68. The molecule has 2 rings (SSSR count). The molecule has 0 saturated heterocycles. The molecule has 0 amide bonds. The van der Waals surface area contributed by atoms with Crippen molar-refractivity contribution in [2.45, 2.75) is 13.1 Å². The van der Waals surface area contributed by atoms with Gasteiger partial charge in [0.15, 0.2) is 10.5 Å². The maximum atomic E-state index is 12.9. The quantitative estimate of drug-likeness (QED) is 0.672. The number of nitrogens with two attached hydrogens (primary N) is 1. The first kappa shape index (κ1) is 17.1. The van der Waals surface area contributed by atoms with Gasteiger partial charge in [-0.1, -0.05) is 6.07 Å². The Morgan fingerprint density at radius 1 is 1.30 bits per heavy atom. The van der Waals surface area contributed by atoms with Crippen molar-refractivity contribution < 1.29 is 17.9 Å². The van der Waals surface area contributed by atoms with E-state index in [-0.39, 0.29) is 21.9 Å². The average molecular weight is 345 g/mol. The lowest BCUT2D eigenvalue weighted by Gasteiger charge is -2.18. The Bertz CT molecular complexity index is 885. The van der Waals surface area contributed by atoms with Gasteiger partial charge in [-0.2, -0.15) is 13.2 Å². The molecule has 0 unspecified atom stereocenters. The van der Waals surface area contributed by atoms with E-state index >= 15 is 0 Å². The molecule has 0 radical (unpaired) electrons. The van der Waals surface area contributed by atoms with Crippen LogP contribution >= 0.6 is 12.2 Å². The van der Waals surface area contributed by atoms with Crippen LogP contribution in [0.4, 0.5) is 18.9 Å². The van der Waals surface area contributed by atoms with Crippen LogP contribution in [0.1, 0.15) is 11.3 Å². The Morgan fingerprint density at radius 3 is 2.43 bits per heavy atom. The van der Waals surface area contributed by atoms with Crippen molar-refractivity contribution in [1.82, 2.24) is 9.13 Å². The Labute approximate surface area is 134 Å². The highest BCUT2D eigenvalue weighted by molar-refractivity contribution is 7.71. The van der Waals surface area contributed by atoms with Crippen molar-refractivity contribution >= 4 is 17.9 Å². The molecule has 1 heterocycles. The van der Waals surface area contributed by atoms with Crippen LogP contribution in [-0.4, -0.2) is 16.2 Å². The summed E-state index contributed by atoms with van der Waals surface area (Å²) in [7, 11) is 2.50. The zero-order valence-corrected chi connectivity index (χ0v) is 13.4. The molecular formula is C14H14F3N3O2S. The molecule has 23 heavy (non-hydrogen) atoms. The monoisotopic (exact) mass is 345 g/mol. The highest BCUT2D eigenvalue weighted by Crippen LogP contribution is 2.33. The number of ether oxygens (including phenoxy) is 1. The van der Waals surface area contributed by atoms with Gasteiger partial charge in [-0.15, -0.1) is 0 Å². The number of nitrogen functional groups attached to an aromatic ring is 1. The van der Waals surface area contributed by atoms with Crippen molar-refractivity contribution in [2.24, 2.45) is 7.05 Å². The van der Waals surface area contributed by atoms with Crippen LogP contribution in [0.25, 0.3) is 5.69 Å². The number of benzene rings is 1. The first-order valence-electron chi connectivity index (χ1n) is 6.43. The number of methoxy groups -OCH3 is 1. The number of halogens is 3. The smallest absolute Gasteiger partial charge is 0.431 e. The second-order valence-corrected chi connectivity index (χ2v) is 5.26. The molecule has 0 bridgehead atoms. The summed E-state index contributed by atoms with van der Waals surface area (Å²) >= 11 is 5.03. The molecule has 1 aromatic carbocycles. The zero-order valence-electron chi connectivity index (χ0n) is 12.6. The summed E-state index contributed by atoms with van der Waals surface area (Å²) in [6.07, 6.45) is -4.68. The van der Waals surface area contributed by atoms with Crippen LogP contribution in [-0.2, 0) is 13.2 Å². The van der Waals surface area contributed by atoms with Crippen LogP contribution in [0, 0.1) is 11.7 Å². The fraction of sp³-hybridized carbons (Fsp3) is 0.286. The average Bonchev–Trinajstić information content (AvgIpc) is 2.45. The summed E-state index contributed by atoms with van der Waals surface area (Å²) in [6, 6.07) is 3.65. The summed E-state index contributed by atoms with van der Waals surface area (Å²) in [5.41, 5.74) is 5.06. The van der Waals surface area contributed by atoms with E-state index in [0.29, 0.717) is 11.6 Å². The van der Waals surface area contributed by atoms with E-state index < -0.39 is 17.4 Å². The third kappa shape index (κ3) is 2.83. The van der Waals surface area contributed by atoms with Crippen molar-refractivity contribution in [2.75, 3.05) is 12.8 Å². The topological polar surface area (TPSA) is 62.2 Å². The minimum Gasteiger partial charge on any atom is -0.492 e. The van der Waals surface area contributed by atoms with E-state index in [4.69, 9.17) is 22.7 Å². The summed E-state index contributed by atoms with van der Waals surface area (Å²) in [6.45, 7) is 1.74. The number of aryl methyl sites for hydroxylation is 1. The summed E-state index contributed by atoms with van der Waals surface area (Å²) in [4.78, 5) is 12.2. The third-order valence-corrected chi connectivity index (χ3v) is 3.91. The number of aromatic nitrogens is 2. The van der Waals surface area contributed by atoms with Gasteiger partial charge in [0.2, 0.25) is 0 Å². The molecule has 5 nitrogen and oxygen atoms in total. The number of nitrogens with zero attached hydrogens (tertiary/aromatic N) is 2. The van der Waals surface area contributed by atoms with Gasteiger partial charge in [0.25, 0.3) is 5.56 Å². The van der Waals surface area contributed by atoms with Gasteiger partial charge in [0.1, 0.15) is 5.69 Å². The predicted molar refractivity (Wildman–Crippen MR) is 82.5 cm³/mol. The predicted octanol–water partition coefficient (Wildman–Crippen LogP) is 2.82. The molecule has 0 fully saturated rings. The Kier molecular flexibility index (Phi) is 4.25. The van der Waals surface area contributed by atoms with Crippen molar-refractivity contribution in [1.29, 1.82) is 0 Å². The van der Waals surface area contributed by atoms with Gasteiger partial charge in [-0.3, -0.25) is 4.79 Å². The molecule has 0 aliphatic carbocycles. The second kappa shape index (κ2) is 5.73. The van der Waals surface area contributed by atoms with E-state index in [2.05, 4.69) is 0 Å². The molecule has 124 valence electrons. The Hall–Kier alpha value is -2.29. The molecule has 0 atom stereocenters. The van der Waals surface area contributed by atoms with Gasteiger partial charge in [0.05, 0.1) is 18.5 Å². The van der Waals surface area contributed by atoms with Crippen LogP contribution in [0.5, 0.6) is 5.75 Å². The lowest BCUT2D eigenvalue weighted by Crippen LogP contribution is -2.28. The summed E-state index contributed by atoms with van der Waals surface area (Å²) in [5, 5.41) is 0. The van der Waals surface area contributed by atoms with Crippen LogP contribution < -0.4 is 16.0 Å². The van der Waals surface area contributed by atoms with Crippen LogP contribution in [0.15, 0.2) is 23.0 Å². The van der Waals surface area contributed by atoms with E-state index in [1.54, 1.807) is 13.0 Å². The Morgan fingerprint density at radius 2 is 1.91 bits per heavy atom. The fourth-order valence-corrected chi connectivity index (χ4v) is 2.48. The zero-order chi connectivity index (χ0) is 17.5. The first-order chi connectivity index (χ1) is 10.6. The summed E-state index contributed by atoms with van der Waals surface area (Å²) in [5.74, 6) is 0.179. The number of alkyl halides is 3. The SMILES string of the molecule is COc1c(-n2c(=O)cc(C(F)(F)F)n(C)c2=S)ccc(C)c1N. The maximum absolute atomic E-state index is 12.9. The molecular weight excluding hydrogens is 331 g/mol. The molecule has 0 aliphatic rings. The van der Waals surface area contributed by atoms with Gasteiger partial charge in [0, 0.05) is 13.1 Å². The minimum absolute atomic E-state index is 0.179. The summed E-state index contributed by atoms with van der Waals surface area (Å²) < 4.78 is 45.4. The van der Waals surface area contributed by atoms with E-state index in [1.807, 2.05) is 0 Å². The normalized spacial score (nSPS) is 11.6. The largest absolute Gasteiger partial charge is 0.492 e. The number of hydrogen-bond donors (Lipinski definition) is 1. The van der Waals surface area contributed by atoms with Crippen LogP contribution in [0.3, 0.4) is 0 Å². The van der Waals surface area contributed by atoms with Gasteiger partial charge in [-0.25, -0.2) is 4.57 Å². The standard InChI is InChI=1S/C14H14F3N3O2S/c1-7-4-5-8(12(22-3)11(7)18)20-10(21)6-9(14(15,16)17)19(2)13(20)23/h4-6H,18H2,1-3H3. The molecule has 9 heteroatoms. The maximum Gasteiger partial charge on any atom is 0.431 e. The molecule has 0 saturated carbocycles. The number of rotatable bonds is 2. The first-order valence-corrected chi connectivity index (χ1v) is 6.84.